The first kappa shape index (κ1) is 12.6. The lowest BCUT2D eigenvalue weighted by Crippen LogP contribution is -2.38. The molecule has 1 aliphatic carbocycles. The summed E-state index contributed by atoms with van der Waals surface area (Å²) in [5, 5.41) is 23.5. The first-order valence-electron chi connectivity index (χ1n) is 7.09. The number of fused-ring (bicyclic) bond motifs is 1. The van der Waals surface area contributed by atoms with Crippen LogP contribution in [0.3, 0.4) is 0 Å². The van der Waals surface area contributed by atoms with E-state index >= 15 is 0 Å². The molecular weight excluding hydrogens is 236 g/mol. The molecule has 0 aromatic heterocycles. The molecule has 0 spiro atoms. The highest BCUT2D eigenvalue weighted by molar-refractivity contribution is 5.86. The van der Waals surface area contributed by atoms with Gasteiger partial charge in [0.05, 0.1) is 5.60 Å². The first-order valence-corrected chi connectivity index (χ1v) is 7.09. The Balaban J connectivity index is 2.03. The summed E-state index contributed by atoms with van der Waals surface area (Å²) in [5.41, 5.74) is -0.106. The third kappa shape index (κ3) is 2.26. The second kappa shape index (κ2) is 4.95. The molecule has 2 nitrogen and oxygen atoms in total. The average Bonchev–Trinajstić information content (AvgIpc) is 2.47. The van der Waals surface area contributed by atoms with Crippen LogP contribution in [0.4, 0.5) is 0 Å². The van der Waals surface area contributed by atoms with Crippen molar-refractivity contribution in [1.82, 2.24) is 0 Å². The van der Waals surface area contributed by atoms with E-state index in [4.69, 9.17) is 0 Å². The van der Waals surface area contributed by atoms with Crippen LogP contribution in [0.15, 0.2) is 42.5 Å². The average molecular weight is 256 g/mol. The molecule has 0 radical (unpaired) electrons. The van der Waals surface area contributed by atoms with E-state index < -0.39 is 11.7 Å². The Morgan fingerprint density at radius 1 is 0.895 bits per heavy atom. The summed E-state index contributed by atoms with van der Waals surface area (Å²) in [6.07, 6.45) is 3.75. The molecule has 1 unspecified atom stereocenters. The van der Waals surface area contributed by atoms with E-state index in [1.54, 1.807) is 0 Å². The first-order chi connectivity index (χ1) is 9.21. The monoisotopic (exact) mass is 256 g/mol. The molecule has 2 heteroatoms. The molecule has 0 heterocycles. The standard InChI is InChI=1S/C17H20O2/c18-16(17(19)11-4-1-5-12-17)15-10-6-8-13-7-2-3-9-14(13)15/h2-3,6-10,16,18-19H,1,4-5,11-12H2. The predicted octanol–water partition coefficient (Wildman–Crippen LogP) is 3.57. The number of aliphatic hydroxyl groups excluding tert-OH is 1. The molecule has 1 saturated carbocycles. The lowest BCUT2D eigenvalue weighted by molar-refractivity contribution is -0.0985. The maximum Gasteiger partial charge on any atom is 0.108 e. The number of hydrogen-bond donors (Lipinski definition) is 2. The molecule has 1 atom stereocenters. The summed E-state index contributed by atoms with van der Waals surface area (Å²) in [5.74, 6) is 0. The van der Waals surface area contributed by atoms with E-state index in [9.17, 15) is 10.2 Å². The van der Waals surface area contributed by atoms with Gasteiger partial charge in [0.2, 0.25) is 0 Å². The number of benzene rings is 2. The minimum absolute atomic E-state index is 0.692. The van der Waals surface area contributed by atoms with Gasteiger partial charge in [0.1, 0.15) is 6.10 Å². The second-order valence-electron chi connectivity index (χ2n) is 5.64. The van der Waals surface area contributed by atoms with Crippen molar-refractivity contribution in [3.63, 3.8) is 0 Å². The molecule has 0 amide bonds. The Bertz CT molecular complexity index is 565. The van der Waals surface area contributed by atoms with Crippen molar-refractivity contribution >= 4 is 10.8 Å². The van der Waals surface area contributed by atoms with E-state index in [-0.39, 0.29) is 0 Å². The van der Waals surface area contributed by atoms with Crippen molar-refractivity contribution in [1.29, 1.82) is 0 Å². The maximum atomic E-state index is 10.7. The fourth-order valence-electron chi connectivity index (χ4n) is 3.22. The zero-order chi connectivity index (χ0) is 13.3. The Hall–Kier alpha value is -1.38. The van der Waals surface area contributed by atoms with E-state index in [0.29, 0.717) is 12.8 Å². The Labute approximate surface area is 113 Å². The highest BCUT2D eigenvalue weighted by Gasteiger charge is 2.38. The van der Waals surface area contributed by atoms with Gasteiger partial charge in [-0.05, 0) is 29.2 Å². The van der Waals surface area contributed by atoms with Crippen molar-refractivity contribution in [2.45, 2.75) is 43.8 Å². The maximum absolute atomic E-state index is 10.7. The van der Waals surface area contributed by atoms with Gasteiger partial charge in [0.25, 0.3) is 0 Å². The van der Waals surface area contributed by atoms with Gasteiger partial charge in [-0.2, -0.15) is 0 Å². The topological polar surface area (TPSA) is 40.5 Å². The van der Waals surface area contributed by atoms with Crippen LogP contribution >= 0.6 is 0 Å². The predicted molar refractivity (Wildman–Crippen MR) is 76.9 cm³/mol. The summed E-state index contributed by atoms with van der Waals surface area (Å²) in [7, 11) is 0. The fraction of sp³-hybridized carbons (Fsp3) is 0.412. The minimum Gasteiger partial charge on any atom is -0.387 e. The Morgan fingerprint density at radius 3 is 2.37 bits per heavy atom. The largest absolute Gasteiger partial charge is 0.387 e. The van der Waals surface area contributed by atoms with Gasteiger partial charge < -0.3 is 10.2 Å². The van der Waals surface area contributed by atoms with Gasteiger partial charge in [0.15, 0.2) is 0 Å². The highest BCUT2D eigenvalue weighted by atomic mass is 16.3. The molecule has 0 saturated heterocycles. The van der Waals surface area contributed by atoms with Crippen LogP contribution in [0.1, 0.15) is 43.8 Å². The van der Waals surface area contributed by atoms with Crippen molar-refractivity contribution < 1.29 is 10.2 Å². The Morgan fingerprint density at radius 2 is 1.58 bits per heavy atom. The van der Waals surface area contributed by atoms with Crippen molar-refractivity contribution in [3.05, 3.63) is 48.0 Å². The quantitative estimate of drug-likeness (QED) is 0.862. The molecule has 0 bridgehead atoms. The van der Waals surface area contributed by atoms with E-state index in [2.05, 4.69) is 0 Å². The molecule has 2 aromatic carbocycles. The normalized spacial score (nSPS) is 20.3. The van der Waals surface area contributed by atoms with Crippen LogP contribution < -0.4 is 0 Å². The number of rotatable bonds is 2. The van der Waals surface area contributed by atoms with E-state index in [1.165, 1.54) is 0 Å². The van der Waals surface area contributed by atoms with Gasteiger partial charge >= 0.3 is 0 Å². The molecule has 2 N–H and O–H groups in total. The summed E-state index contributed by atoms with van der Waals surface area (Å²) in [6, 6.07) is 13.9. The SMILES string of the molecule is OC(c1cccc2ccccc12)C1(O)CCCCC1. The van der Waals surface area contributed by atoms with Crippen molar-refractivity contribution in [3.8, 4) is 0 Å². The number of hydrogen-bond acceptors (Lipinski definition) is 2. The molecule has 0 aliphatic heterocycles. The summed E-state index contributed by atoms with van der Waals surface area (Å²) >= 11 is 0. The molecule has 19 heavy (non-hydrogen) atoms. The van der Waals surface area contributed by atoms with Crippen LogP contribution in [-0.4, -0.2) is 15.8 Å². The third-order valence-corrected chi connectivity index (χ3v) is 4.35. The molecule has 100 valence electrons. The smallest absolute Gasteiger partial charge is 0.108 e. The van der Waals surface area contributed by atoms with Crippen LogP contribution in [0.25, 0.3) is 10.8 Å². The molecule has 3 rings (SSSR count). The zero-order valence-corrected chi connectivity index (χ0v) is 11.0. The van der Waals surface area contributed by atoms with Gasteiger partial charge in [-0.15, -0.1) is 0 Å². The Kier molecular flexibility index (Phi) is 3.29. The number of aliphatic hydroxyl groups is 2. The highest BCUT2D eigenvalue weighted by Crippen LogP contribution is 2.40. The molecule has 1 aliphatic rings. The van der Waals surface area contributed by atoms with Crippen molar-refractivity contribution in [2.75, 3.05) is 0 Å². The van der Waals surface area contributed by atoms with Gasteiger partial charge in [-0.25, -0.2) is 0 Å². The zero-order valence-electron chi connectivity index (χ0n) is 11.0. The van der Waals surface area contributed by atoms with Gasteiger partial charge in [0, 0.05) is 0 Å². The summed E-state index contributed by atoms with van der Waals surface area (Å²) < 4.78 is 0. The van der Waals surface area contributed by atoms with Gasteiger partial charge in [-0.1, -0.05) is 61.7 Å². The third-order valence-electron chi connectivity index (χ3n) is 4.35. The van der Waals surface area contributed by atoms with E-state index in [1.807, 2.05) is 42.5 Å². The van der Waals surface area contributed by atoms with Gasteiger partial charge in [-0.3, -0.25) is 0 Å². The van der Waals surface area contributed by atoms with Crippen LogP contribution in [0, 0.1) is 0 Å². The summed E-state index contributed by atoms with van der Waals surface area (Å²) in [4.78, 5) is 0. The second-order valence-corrected chi connectivity index (χ2v) is 5.64. The van der Waals surface area contributed by atoms with Crippen LogP contribution in [0.2, 0.25) is 0 Å². The van der Waals surface area contributed by atoms with Crippen LogP contribution in [0.5, 0.6) is 0 Å². The minimum atomic E-state index is -0.956. The molecule has 1 fully saturated rings. The van der Waals surface area contributed by atoms with E-state index in [0.717, 1.165) is 35.6 Å². The van der Waals surface area contributed by atoms with Crippen molar-refractivity contribution in [2.24, 2.45) is 0 Å². The summed E-state index contributed by atoms with van der Waals surface area (Å²) in [6.45, 7) is 0. The fourth-order valence-corrected chi connectivity index (χ4v) is 3.22. The molecular formula is C17H20O2. The van der Waals surface area contributed by atoms with Crippen LogP contribution in [-0.2, 0) is 0 Å². The lowest BCUT2D eigenvalue weighted by atomic mass is 9.77. The molecule has 2 aromatic rings. The lowest BCUT2D eigenvalue weighted by Gasteiger charge is -2.37.